The largest absolute Gasteiger partial charge is 0.388 e. The fraction of sp³-hybridized carbons (Fsp3) is 0.259. The molecule has 0 aliphatic heterocycles. The van der Waals surface area contributed by atoms with E-state index >= 15 is 0 Å². The van der Waals surface area contributed by atoms with Crippen LogP contribution in [0.4, 0.5) is 0 Å². The van der Waals surface area contributed by atoms with E-state index in [9.17, 15) is 23.1 Å². The zero-order valence-electron chi connectivity index (χ0n) is 20.2. The Hall–Kier alpha value is -2.42. The second kappa shape index (κ2) is 12.4. The maximum absolute atomic E-state index is 13.0. The molecule has 3 aromatic rings. The molecule has 0 aromatic heterocycles. The van der Waals surface area contributed by atoms with E-state index in [4.69, 9.17) is 34.8 Å². The molecule has 0 heterocycles. The molecule has 1 amide bonds. The van der Waals surface area contributed by atoms with Crippen LogP contribution in [-0.2, 0) is 27.5 Å². The number of Topliss-reactive ketones (excluding diaryl/α,β-unsaturated/α-hetero) is 1. The van der Waals surface area contributed by atoms with Gasteiger partial charge in [-0.25, -0.2) is 8.42 Å². The van der Waals surface area contributed by atoms with E-state index in [2.05, 4.69) is 5.32 Å². The summed E-state index contributed by atoms with van der Waals surface area (Å²) < 4.78 is 23.7. The molecule has 2 atom stereocenters. The SMILES string of the molecule is CC(=O)[C@H](Cc1cccc(S(C)(=O)=O)c1)NC(=O)c1c(Cl)cc(CCC(O)c2cccc(Cl)c2)cc1Cl. The average molecular weight is 583 g/mol. The van der Waals surface area contributed by atoms with Gasteiger partial charge in [-0.1, -0.05) is 59.1 Å². The van der Waals surface area contributed by atoms with Crippen molar-refractivity contribution in [2.45, 2.75) is 43.2 Å². The van der Waals surface area contributed by atoms with Crippen LogP contribution in [0, 0.1) is 0 Å². The lowest BCUT2D eigenvalue weighted by atomic mass is 10.00. The van der Waals surface area contributed by atoms with Gasteiger partial charge < -0.3 is 10.4 Å². The summed E-state index contributed by atoms with van der Waals surface area (Å²) in [4.78, 5) is 25.4. The first-order chi connectivity index (χ1) is 17.3. The molecule has 6 nitrogen and oxygen atoms in total. The highest BCUT2D eigenvalue weighted by Gasteiger charge is 2.23. The van der Waals surface area contributed by atoms with Crippen LogP contribution in [0.3, 0.4) is 0 Å². The van der Waals surface area contributed by atoms with Gasteiger partial charge in [0.05, 0.1) is 32.7 Å². The number of carbonyl (C=O) groups excluding carboxylic acids is 2. The Morgan fingerprint density at radius 3 is 2.19 bits per heavy atom. The first-order valence-corrected chi connectivity index (χ1v) is 14.4. The molecule has 0 saturated heterocycles. The number of sulfone groups is 1. The lowest BCUT2D eigenvalue weighted by Gasteiger charge is -2.18. The van der Waals surface area contributed by atoms with E-state index in [0.717, 1.165) is 11.8 Å². The monoisotopic (exact) mass is 581 g/mol. The highest BCUT2D eigenvalue weighted by Crippen LogP contribution is 2.29. The predicted octanol–water partition coefficient (Wildman–Crippen LogP) is 5.65. The summed E-state index contributed by atoms with van der Waals surface area (Å²) in [6.45, 7) is 1.34. The highest BCUT2D eigenvalue weighted by atomic mass is 35.5. The van der Waals surface area contributed by atoms with Crippen LogP contribution in [0.25, 0.3) is 0 Å². The summed E-state index contributed by atoms with van der Waals surface area (Å²) in [5.74, 6) is -0.933. The average Bonchev–Trinajstić information content (AvgIpc) is 2.81. The lowest BCUT2D eigenvalue weighted by molar-refractivity contribution is -0.118. The first-order valence-electron chi connectivity index (χ1n) is 11.4. The maximum atomic E-state index is 13.0. The molecule has 0 aliphatic rings. The van der Waals surface area contributed by atoms with Crippen LogP contribution >= 0.6 is 34.8 Å². The number of rotatable bonds is 10. The molecule has 0 bridgehead atoms. The minimum Gasteiger partial charge on any atom is -0.388 e. The second-order valence-electron chi connectivity index (χ2n) is 8.80. The number of halogens is 3. The van der Waals surface area contributed by atoms with Crippen LogP contribution in [0.1, 0.15) is 46.5 Å². The molecule has 3 rings (SSSR count). The quantitative estimate of drug-likeness (QED) is 0.322. The Morgan fingerprint density at radius 1 is 0.946 bits per heavy atom. The summed E-state index contributed by atoms with van der Waals surface area (Å²) in [5, 5.41) is 13.9. The molecule has 0 saturated carbocycles. The predicted molar refractivity (Wildman–Crippen MR) is 146 cm³/mol. The Morgan fingerprint density at radius 2 is 1.59 bits per heavy atom. The number of aliphatic hydroxyl groups excluding tert-OH is 1. The highest BCUT2D eigenvalue weighted by molar-refractivity contribution is 7.90. The molecule has 10 heteroatoms. The third-order valence-electron chi connectivity index (χ3n) is 5.83. The van der Waals surface area contributed by atoms with Crippen molar-refractivity contribution in [1.29, 1.82) is 0 Å². The Labute approximate surface area is 231 Å². The van der Waals surface area contributed by atoms with Crippen molar-refractivity contribution in [3.63, 3.8) is 0 Å². The summed E-state index contributed by atoms with van der Waals surface area (Å²) in [5.41, 5.74) is 2.03. The van der Waals surface area contributed by atoms with Crippen molar-refractivity contribution in [2.75, 3.05) is 6.26 Å². The van der Waals surface area contributed by atoms with Crippen molar-refractivity contribution in [2.24, 2.45) is 0 Å². The van der Waals surface area contributed by atoms with E-state index in [1.807, 2.05) is 0 Å². The van der Waals surface area contributed by atoms with Gasteiger partial charge in [0.15, 0.2) is 15.6 Å². The zero-order valence-corrected chi connectivity index (χ0v) is 23.3. The Kier molecular flexibility index (Phi) is 9.78. The van der Waals surface area contributed by atoms with Gasteiger partial charge in [0, 0.05) is 11.3 Å². The van der Waals surface area contributed by atoms with Gasteiger partial charge in [-0.15, -0.1) is 0 Å². The molecule has 0 spiro atoms. The third-order valence-corrected chi connectivity index (χ3v) is 7.77. The van der Waals surface area contributed by atoms with E-state index in [1.165, 1.54) is 19.1 Å². The van der Waals surface area contributed by atoms with Crippen molar-refractivity contribution >= 4 is 56.3 Å². The molecular weight excluding hydrogens is 557 g/mol. The standard InChI is InChI=1S/C27H26Cl3NO5S/c1-16(32)24(14-17-5-3-8-21(11-17)37(2,35)36)31-27(34)26-22(29)12-18(13-23(26)30)9-10-25(33)19-6-4-7-20(28)15-19/h3-8,11-13,15,24-25,33H,9-10,14H2,1-2H3,(H,31,34)/t24-,25?/m0/s1. The molecule has 0 aliphatic carbocycles. The number of ketones is 1. The normalized spacial score (nSPS) is 13.1. The number of aliphatic hydroxyl groups is 1. The van der Waals surface area contributed by atoms with Gasteiger partial charge in [0.2, 0.25) is 0 Å². The van der Waals surface area contributed by atoms with Gasteiger partial charge in [-0.05, 0) is 79.3 Å². The van der Waals surface area contributed by atoms with Crippen LogP contribution in [0.2, 0.25) is 15.1 Å². The van der Waals surface area contributed by atoms with Crippen molar-refractivity contribution in [3.8, 4) is 0 Å². The number of hydrogen-bond donors (Lipinski definition) is 2. The summed E-state index contributed by atoms with van der Waals surface area (Å²) >= 11 is 18.8. The molecule has 2 N–H and O–H groups in total. The second-order valence-corrected chi connectivity index (χ2v) is 12.1. The van der Waals surface area contributed by atoms with Gasteiger partial charge in [0.1, 0.15) is 0 Å². The number of hydrogen-bond acceptors (Lipinski definition) is 5. The molecule has 0 fully saturated rings. The first kappa shape index (κ1) is 29.1. The van der Waals surface area contributed by atoms with E-state index in [1.54, 1.807) is 48.5 Å². The summed E-state index contributed by atoms with van der Waals surface area (Å²) in [6.07, 6.45) is 1.29. The van der Waals surface area contributed by atoms with Gasteiger partial charge >= 0.3 is 0 Å². The van der Waals surface area contributed by atoms with Crippen LogP contribution in [0.5, 0.6) is 0 Å². The molecule has 196 valence electrons. The number of aryl methyl sites for hydroxylation is 1. The molecule has 37 heavy (non-hydrogen) atoms. The number of nitrogens with one attached hydrogen (secondary N) is 1. The van der Waals surface area contributed by atoms with E-state index in [-0.39, 0.29) is 32.7 Å². The van der Waals surface area contributed by atoms with Gasteiger partial charge in [-0.2, -0.15) is 0 Å². The van der Waals surface area contributed by atoms with E-state index in [0.29, 0.717) is 29.0 Å². The van der Waals surface area contributed by atoms with Gasteiger partial charge in [-0.3, -0.25) is 9.59 Å². The Balaban J connectivity index is 1.72. The topological polar surface area (TPSA) is 101 Å². The van der Waals surface area contributed by atoms with Crippen molar-refractivity contribution in [1.82, 2.24) is 5.32 Å². The van der Waals surface area contributed by atoms with Crippen LogP contribution < -0.4 is 5.32 Å². The van der Waals surface area contributed by atoms with Gasteiger partial charge in [0.25, 0.3) is 5.91 Å². The molecule has 1 unspecified atom stereocenters. The fourth-order valence-corrected chi connectivity index (χ4v) is 5.43. The zero-order chi connectivity index (χ0) is 27.3. The smallest absolute Gasteiger partial charge is 0.254 e. The van der Waals surface area contributed by atoms with Crippen LogP contribution in [-0.4, -0.2) is 37.5 Å². The molecule has 0 radical (unpaired) electrons. The minimum absolute atomic E-state index is 0.0265. The molecular formula is C27H26Cl3NO5S. The fourth-order valence-electron chi connectivity index (χ4n) is 3.84. The lowest BCUT2D eigenvalue weighted by Crippen LogP contribution is -2.41. The number of amides is 1. The number of carbonyl (C=O) groups is 2. The number of benzene rings is 3. The third kappa shape index (κ3) is 8.03. The summed E-state index contributed by atoms with van der Waals surface area (Å²) in [7, 11) is -3.42. The molecule has 3 aromatic carbocycles. The minimum atomic E-state index is -3.42. The Bertz CT molecular complexity index is 1400. The van der Waals surface area contributed by atoms with Crippen molar-refractivity contribution < 1.29 is 23.1 Å². The van der Waals surface area contributed by atoms with Crippen LogP contribution in [0.15, 0.2) is 65.6 Å². The summed E-state index contributed by atoms with van der Waals surface area (Å²) in [6, 6.07) is 15.5. The van der Waals surface area contributed by atoms with E-state index < -0.39 is 27.9 Å². The maximum Gasteiger partial charge on any atom is 0.254 e. The van der Waals surface area contributed by atoms with Crippen molar-refractivity contribution in [3.05, 3.63) is 98.0 Å².